The van der Waals surface area contributed by atoms with E-state index in [1.165, 1.54) is 18.2 Å². The first kappa shape index (κ1) is 21.7. The minimum Gasteiger partial charge on any atom is -0.490 e. The molecule has 3 rings (SSSR count). The number of aliphatic hydroxyl groups is 1. The van der Waals surface area contributed by atoms with E-state index in [-0.39, 0.29) is 35.7 Å². The molecule has 1 aliphatic carbocycles. The summed E-state index contributed by atoms with van der Waals surface area (Å²) < 4.78 is 46.9. The van der Waals surface area contributed by atoms with Crippen LogP contribution in [-0.2, 0) is 4.79 Å². The van der Waals surface area contributed by atoms with Crippen LogP contribution in [0.15, 0.2) is 24.3 Å². The van der Waals surface area contributed by atoms with Gasteiger partial charge in [-0.1, -0.05) is 19.4 Å². The summed E-state index contributed by atoms with van der Waals surface area (Å²) in [6.07, 6.45) is 0.202. The van der Waals surface area contributed by atoms with Crippen LogP contribution in [0.25, 0.3) is 0 Å². The smallest absolute Gasteiger partial charge is 0.490 e. The van der Waals surface area contributed by atoms with Gasteiger partial charge in [0.15, 0.2) is 0 Å². The van der Waals surface area contributed by atoms with Gasteiger partial charge in [-0.25, -0.2) is 0 Å². The van der Waals surface area contributed by atoms with Crippen molar-refractivity contribution < 1.29 is 32.5 Å². The van der Waals surface area contributed by atoms with Gasteiger partial charge in [0.25, 0.3) is 0 Å². The Bertz CT molecular complexity index is 693. The number of nitrogens with zero attached hydrogens (tertiary/aromatic N) is 1. The summed E-state index contributed by atoms with van der Waals surface area (Å²) in [4.78, 5) is 14.3. The number of carbonyl (C=O) groups is 1. The Hall–Kier alpha value is -1.96. The molecule has 1 aromatic rings. The van der Waals surface area contributed by atoms with Crippen LogP contribution in [0.4, 0.5) is 13.2 Å². The van der Waals surface area contributed by atoms with Gasteiger partial charge in [-0.15, -0.1) is 13.2 Å². The van der Waals surface area contributed by atoms with Crippen molar-refractivity contribution in [2.45, 2.75) is 57.9 Å². The molecule has 0 bridgehead atoms. The van der Waals surface area contributed by atoms with Crippen molar-refractivity contribution >= 4 is 5.91 Å². The number of alkyl halides is 3. The number of hydrogen-bond acceptors (Lipinski definition) is 4. The van der Waals surface area contributed by atoms with Crippen molar-refractivity contribution in [2.24, 2.45) is 11.3 Å². The quantitative estimate of drug-likeness (QED) is 0.727. The Morgan fingerprint density at radius 3 is 2.52 bits per heavy atom. The number of likely N-dealkylation sites (tertiary alicyclic amines) is 1. The molecule has 2 fully saturated rings. The largest absolute Gasteiger partial charge is 0.573 e. The van der Waals surface area contributed by atoms with E-state index in [0.29, 0.717) is 25.3 Å². The van der Waals surface area contributed by atoms with Crippen LogP contribution < -0.4 is 9.47 Å². The number of benzene rings is 1. The monoisotopic (exact) mass is 415 g/mol. The van der Waals surface area contributed by atoms with Gasteiger partial charge in [-0.05, 0) is 44.2 Å². The number of ether oxygens (including phenoxy) is 2. The fourth-order valence-electron chi connectivity index (χ4n) is 4.39. The maximum absolute atomic E-state index is 12.5. The normalized spacial score (nSPS) is 20.2. The predicted octanol–water partition coefficient (Wildman–Crippen LogP) is 4.14. The van der Waals surface area contributed by atoms with Crippen molar-refractivity contribution in [1.29, 1.82) is 0 Å². The average Bonchev–Trinajstić information content (AvgIpc) is 2.63. The van der Waals surface area contributed by atoms with Crippen molar-refractivity contribution in [3.8, 4) is 11.5 Å². The summed E-state index contributed by atoms with van der Waals surface area (Å²) in [5, 5.41) is 9.42. The number of rotatable bonds is 7. The maximum atomic E-state index is 12.5. The first-order chi connectivity index (χ1) is 13.7. The van der Waals surface area contributed by atoms with Crippen molar-refractivity contribution in [2.75, 3.05) is 19.7 Å². The zero-order valence-electron chi connectivity index (χ0n) is 16.6. The second kappa shape index (κ2) is 8.81. The molecule has 29 heavy (non-hydrogen) atoms. The SMILES string of the molecule is CCC[C@H](CO)C(=O)N1CC2(CCC(Oc3cccc(OC(F)(F)F)c3)CC2)C1. The lowest BCUT2D eigenvalue weighted by atomic mass is 9.67. The van der Waals surface area contributed by atoms with Gasteiger partial charge in [0.05, 0.1) is 18.6 Å². The number of amides is 1. The van der Waals surface area contributed by atoms with E-state index in [1.807, 2.05) is 11.8 Å². The molecule has 1 spiro atoms. The molecule has 2 aliphatic rings. The fourth-order valence-corrected chi connectivity index (χ4v) is 4.39. The minimum atomic E-state index is -4.73. The van der Waals surface area contributed by atoms with Crippen LogP contribution >= 0.6 is 0 Å². The molecule has 1 N–H and O–H groups in total. The summed E-state index contributed by atoms with van der Waals surface area (Å²) in [6, 6.07) is 5.60. The molecule has 1 aliphatic heterocycles. The lowest BCUT2D eigenvalue weighted by Crippen LogP contribution is -2.61. The van der Waals surface area contributed by atoms with Gasteiger partial charge in [-0.3, -0.25) is 4.79 Å². The first-order valence-corrected chi connectivity index (χ1v) is 10.2. The maximum Gasteiger partial charge on any atom is 0.573 e. The topological polar surface area (TPSA) is 59.0 Å². The van der Waals surface area contributed by atoms with Crippen LogP contribution in [0.2, 0.25) is 0 Å². The second-order valence-electron chi connectivity index (χ2n) is 8.20. The number of halogens is 3. The molecule has 1 heterocycles. The lowest BCUT2D eigenvalue weighted by Gasteiger charge is -2.54. The van der Waals surface area contributed by atoms with Gasteiger partial charge in [0.1, 0.15) is 11.5 Å². The molecule has 8 heteroatoms. The van der Waals surface area contributed by atoms with Gasteiger partial charge < -0.3 is 19.5 Å². The average molecular weight is 415 g/mol. The Balaban J connectivity index is 1.47. The zero-order chi connectivity index (χ0) is 21.1. The van der Waals surface area contributed by atoms with E-state index < -0.39 is 6.36 Å². The Kier molecular flexibility index (Phi) is 6.61. The Morgan fingerprint density at radius 1 is 1.28 bits per heavy atom. The molecule has 0 radical (unpaired) electrons. The summed E-state index contributed by atoms with van der Waals surface area (Å²) >= 11 is 0. The van der Waals surface area contributed by atoms with E-state index in [2.05, 4.69) is 4.74 Å². The number of carbonyl (C=O) groups excluding carboxylic acids is 1. The molecule has 0 aromatic heterocycles. The number of aliphatic hydroxyl groups excluding tert-OH is 1. The van der Waals surface area contributed by atoms with Gasteiger partial charge >= 0.3 is 6.36 Å². The van der Waals surface area contributed by atoms with Gasteiger partial charge in [0.2, 0.25) is 5.91 Å². The molecular formula is C21H28F3NO4. The highest BCUT2D eigenvalue weighted by molar-refractivity contribution is 5.80. The third kappa shape index (κ3) is 5.56. The summed E-state index contributed by atoms with van der Waals surface area (Å²) in [5.74, 6) is -0.188. The van der Waals surface area contributed by atoms with E-state index in [4.69, 9.17) is 4.74 Å². The molecule has 1 aromatic carbocycles. The van der Waals surface area contributed by atoms with Crippen molar-refractivity contribution in [1.82, 2.24) is 4.90 Å². The lowest BCUT2D eigenvalue weighted by molar-refractivity contribution is -0.274. The summed E-state index contributed by atoms with van der Waals surface area (Å²) in [7, 11) is 0. The Morgan fingerprint density at radius 2 is 1.93 bits per heavy atom. The van der Waals surface area contributed by atoms with E-state index in [9.17, 15) is 23.1 Å². The number of hydrogen-bond donors (Lipinski definition) is 1. The standard InChI is InChI=1S/C21H28F3NO4/c1-2-4-15(12-26)19(27)25-13-20(14-25)9-7-16(8-10-20)28-17-5-3-6-18(11-17)29-21(22,23)24/h3,5-6,11,15-16,26H,2,4,7-10,12-14H2,1H3/t15-/m1/s1. The highest BCUT2D eigenvalue weighted by atomic mass is 19.4. The molecular weight excluding hydrogens is 387 g/mol. The van der Waals surface area contributed by atoms with E-state index in [0.717, 1.165) is 32.1 Å². The van der Waals surface area contributed by atoms with Crippen molar-refractivity contribution in [3.63, 3.8) is 0 Å². The van der Waals surface area contributed by atoms with E-state index >= 15 is 0 Å². The molecule has 0 unspecified atom stereocenters. The fraction of sp³-hybridized carbons (Fsp3) is 0.667. The first-order valence-electron chi connectivity index (χ1n) is 10.2. The van der Waals surface area contributed by atoms with Crippen LogP contribution in [0.3, 0.4) is 0 Å². The van der Waals surface area contributed by atoms with Gasteiger partial charge in [-0.2, -0.15) is 0 Å². The second-order valence-corrected chi connectivity index (χ2v) is 8.20. The third-order valence-electron chi connectivity index (χ3n) is 5.91. The molecule has 162 valence electrons. The molecule has 1 amide bonds. The van der Waals surface area contributed by atoms with Crippen LogP contribution in [0, 0.1) is 11.3 Å². The third-order valence-corrected chi connectivity index (χ3v) is 5.91. The Labute approximate surface area is 168 Å². The van der Waals surface area contributed by atoms with Gasteiger partial charge in [0, 0.05) is 24.6 Å². The van der Waals surface area contributed by atoms with Crippen LogP contribution in [-0.4, -0.2) is 48.1 Å². The molecule has 1 atom stereocenters. The van der Waals surface area contributed by atoms with Crippen LogP contribution in [0.1, 0.15) is 45.4 Å². The van der Waals surface area contributed by atoms with Crippen LogP contribution in [0.5, 0.6) is 11.5 Å². The molecule has 5 nitrogen and oxygen atoms in total. The highest BCUT2D eigenvalue weighted by Gasteiger charge is 2.48. The van der Waals surface area contributed by atoms with Crippen molar-refractivity contribution in [3.05, 3.63) is 24.3 Å². The molecule has 1 saturated carbocycles. The summed E-state index contributed by atoms with van der Waals surface area (Å²) in [6.45, 7) is 3.32. The zero-order valence-corrected chi connectivity index (χ0v) is 16.6. The summed E-state index contributed by atoms with van der Waals surface area (Å²) in [5.41, 5.74) is 0.114. The van der Waals surface area contributed by atoms with E-state index in [1.54, 1.807) is 6.07 Å². The molecule has 1 saturated heterocycles. The highest BCUT2D eigenvalue weighted by Crippen LogP contribution is 2.45. The predicted molar refractivity (Wildman–Crippen MR) is 101 cm³/mol. The minimum absolute atomic E-state index is 0.0415.